The van der Waals surface area contributed by atoms with E-state index in [1.807, 2.05) is 12.1 Å². The van der Waals surface area contributed by atoms with Crippen LogP contribution < -0.4 is 5.32 Å². The normalized spacial score (nSPS) is 15.0. The molecule has 0 radical (unpaired) electrons. The number of nitrogens with one attached hydrogen (secondary N) is 1. The highest BCUT2D eigenvalue weighted by molar-refractivity contribution is 5.40. The fourth-order valence-corrected chi connectivity index (χ4v) is 3.18. The Bertz CT molecular complexity index is 621. The van der Waals surface area contributed by atoms with Gasteiger partial charge in [-0.05, 0) is 55.0 Å². The second-order valence-electron chi connectivity index (χ2n) is 5.79. The molecule has 0 aliphatic heterocycles. The van der Waals surface area contributed by atoms with Crippen LogP contribution in [0.5, 0.6) is 0 Å². The zero-order chi connectivity index (χ0) is 14.7. The number of hydrogen-bond acceptors (Lipinski definition) is 1. The summed E-state index contributed by atoms with van der Waals surface area (Å²) in [7, 11) is 0. The van der Waals surface area contributed by atoms with Gasteiger partial charge in [0.2, 0.25) is 0 Å². The Morgan fingerprint density at radius 1 is 1.10 bits per heavy atom. The van der Waals surface area contributed by atoms with Crippen LogP contribution in [0.25, 0.3) is 0 Å². The van der Waals surface area contributed by atoms with Crippen LogP contribution in [0, 0.1) is 5.82 Å². The van der Waals surface area contributed by atoms with E-state index < -0.39 is 0 Å². The number of fused-ring (bicyclic) bond motifs is 1. The second kappa shape index (κ2) is 6.40. The lowest BCUT2D eigenvalue weighted by molar-refractivity contribution is 0.546. The largest absolute Gasteiger partial charge is 0.306 e. The van der Waals surface area contributed by atoms with Gasteiger partial charge in [-0.3, -0.25) is 0 Å². The molecule has 1 N–H and O–H groups in total. The Morgan fingerprint density at radius 2 is 1.90 bits per heavy atom. The van der Waals surface area contributed by atoms with Gasteiger partial charge in [0, 0.05) is 5.56 Å². The van der Waals surface area contributed by atoms with Crippen molar-refractivity contribution >= 4 is 0 Å². The Balaban J connectivity index is 1.97. The lowest BCUT2D eigenvalue weighted by Gasteiger charge is -2.21. The molecule has 0 amide bonds. The maximum atomic E-state index is 14.2. The molecule has 2 aromatic carbocycles. The minimum Gasteiger partial charge on any atom is -0.306 e. The predicted molar refractivity (Wildman–Crippen MR) is 85.0 cm³/mol. The van der Waals surface area contributed by atoms with Crippen molar-refractivity contribution in [2.24, 2.45) is 0 Å². The van der Waals surface area contributed by atoms with Crippen LogP contribution in [-0.4, -0.2) is 6.54 Å². The molecule has 0 heterocycles. The van der Waals surface area contributed by atoms with E-state index in [0.717, 1.165) is 24.9 Å². The first kappa shape index (κ1) is 14.3. The van der Waals surface area contributed by atoms with Crippen LogP contribution in [0.15, 0.2) is 42.5 Å². The fourth-order valence-electron chi connectivity index (χ4n) is 3.18. The summed E-state index contributed by atoms with van der Waals surface area (Å²) in [6.45, 7) is 3.02. The average Bonchev–Trinajstić information content (AvgIpc) is 2.97. The van der Waals surface area contributed by atoms with Crippen LogP contribution in [0.3, 0.4) is 0 Å². The highest BCUT2D eigenvalue weighted by atomic mass is 19.1. The number of aryl methyl sites for hydroxylation is 2. The third-order valence-corrected chi connectivity index (χ3v) is 4.27. The van der Waals surface area contributed by atoms with E-state index in [4.69, 9.17) is 0 Å². The van der Waals surface area contributed by atoms with Crippen LogP contribution in [0.2, 0.25) is 0 Å². The van der Waals surface area contributed by atoms with E-state index in [1.54, 1.807) is 12.1 Å². The molecule has 1 aliphatic carbocycles. The molecule has 0 saturated carbocycles. The predicted octanol–water partition coefficient (Wildman–Crippen LogP) is 4.40. The van der Waals surface area contributed by atoms with Gasteiger partial charge in [-0.1, -0.05) is 43.3 Å². The van der Waals surface area contributed by atoms with Gasteiger partial charge >= 0.3 is 0 Å². The smallest absolute Gasteiger partial charge is 0.128 e. The molecular formula is C19H22FN. The molecule has 1 nitrogen and oxygen atoms in total. The number of hydrogen-bond donors (Lipinski definition) is 1. The van der Waals surface area contributed by atoms with Crippen molar-refractivity contribution in [1.82, 2.24) is 5.32 Å². The SMILES string of the molecule is CCCNC(c1ccc2c(c1)CCC2)c1ccccc1F. The standard InChI is InChI=1S/C19H22FN/c1-2-12-21-19(17-8-3-4-9-18(17)20)16-11-10-14-6-5-7-15(14)13-16/h3-4,8-11,13,19,21H,2,5-7,12H2,1H3. The molecular weight excluding hydrogens is 261 g/mol. The van der Waals surface area contributed by atoms with E-state index in [-0.39, 0.29) is 11.9 Å². The highest BCUT2D eigenvalue weighted by Gasteiger charge is 2.19. The summed E-state index contributed by atoms with van der Waals surface area (Å²) >= 11 is 0. The molecule has 1 unspecified atom stereocenters. The van der Waals surface area contributed by atoms with Crippen LogP contribution in [-0.2, 0) is 12.8 Å². The summed E-state index contributed by atoms with van der Waals surface area (Å²) in [5, 5.41) is 3.49. The molecule has 0 bridgehead atoms. The van der Waals surface area contributed by atoms with Gasteiger partial charge in [-0.2, -0.15) is 0 Å². The molecule has 110 valence electrons. The van der Waals surface area contributed by atoms with Gasteiger partial charge < -0.3 is 5.32 Å². The molecule has 21 heavy (non-hydrogen) atoms. The summed E-state index contributed by atoms with van der Waals surface area (Å²) in [6.07, 6.45) is 4.62. The van der Waals surface area contributed by atoms with Gasteiger partial charge in [0.05, 0.1) is 6.04 Å². The first-order valence-corrected chi connectivity index (χ1v) is 7.89. The van der Waals surface area contributed by atoms with Crippen molar-refractivity contribution in [2.75, 3.05) is 6.54 Å². The zero-order valence-corrected chi connectivity index (χ0v) is 12.5. The third kappa shape index (κ3) is 3.01. The van der Waals surface area contributed by atoms with Crippen molar-refractivity contribution in [2.45, 2.75) is 38.6 Å². The molecule has 0 saturated heterocycles. The number of halogens is 1. The second-order valence-corrected chi connectivity index (χ2v) is 5.79. The minimum atomic E-state index is -0.133. The van der Waals surface area contributed by atoms with Crippen molar-refractivity contribution in [1.29, 1.82) is 0 Å². The van der Waals surface area contributed by atoms with Gasteiger partial charge in [-0.15, -0.1) is 0 Å². The first-order valence-electron chi connectivity index (χ1n) is 7.89. The van der Waals surface area contributed by atoms with Gasteiger partial charge in [0.15, 0.2) is 0 Å². The topological polar surface area (TPSA) is 12.0 Å². The quantitative estimate of drug-likeness (QED) is 0.857. The van der Waals surface area contributed by atoms with Crippen molar-refractivity contribution in [3.8, 4) is 0 Å². The van der Waals surface area contributed by atoms with E-state index in [0.29, 0.717) is 0 Å². The van der Waals surface area contributed by atoms with E-state index >= 15 is 0 Å². The number of rotatable bonds is 5. The van der Waals surface area contributed by atoms with Crippen molar-refractivity contribution in [3.63, 3.8) is 0 Å². The van der Waals surface area contributed by atoms with Crippen LogP contribution >= 0.6 is 0 Å². The maximum Gasteiger partial charge on any atom is 0.128 e. The molecule has 0 fully saturated rings. The van der Waals surface area contributed by atoms with E-state index in [2.05, 4.69) is 30.4 Å². The fraction of sp³-hybridized carbons (Fsp3) is 0.368. The van der Waals surface area contributed by atoms with Gasteiger partial charge in [-0.25, -0.2) is 4.39 Å². The van der Waals surface area contributed by atoms with Crippen LogP contribution in [0.4, 0.5) is 4.39 Å². The monoisotopic (exact) mass is 283 g/mol. The lowest BCUT2D eigenvalue weighted by Crippen LogP contribution is -2.24. The molecule has 3 rings (SSSR count). The van der Waals surface area contributed by atoms with Gasteiger partial charge in [0.1, 0.15) is 5.82 Å². The molecule has 1 aliphatic rings. The summed E-state index contributed by atoms with van der Waals surface area (Å²) < 4.78 is 14.2. The zero-order valence-electron chi connectivity index (χ0n) is 12.5. The molecule has 2 aromatic rings. The van der Waals surface area contributed by atoms with Crippen molar-refractivity contribution in [3.05, 3.63) is 70.5 Å². The summed E-state index contributed by atoms with van der Waals surface area (Å²) in [4.78, 5) is 0. The minimum absolute atomic E-state index is 0.0583. The molecule has 0 spiro atoms. The Kier molecular flexibility index (Phi) is 4.35. The third-order valence-electron chi connectivity index (χ3n) is 4.27. The van der Waals surface area contributed by atoms with Crippen molar-refractivity contribution < 1.29 is 4.39 Å². The first-order chi connectivity index (χ1) is 10.3. The Morgan fingerprint density at radius 3 is 2.71 bits per heavy atom. The van der Waals surface area contributed by atoms with Gasteiger partial charge in [0.25, 0.3) is 0 Å². The Labute approximate surface area is 126 Å². The van der Waals surface area contributed by atoms with Crippen LogP contribution in [0.1, 0.15) is 48.1 Å². The summed E-state index contributed by atoms with van der Waals surface area (Å²) in [5.74, 6) is -0.133. The molecule has 2 heteroatoms. The maximum absolute atomic E-state index is 14.2. The summed E-state index contributed by atoms with van der Waals surface area (Å²) in [5.41, 5.74) is 4.81. The highest BCUT2D eigenvalue weighted by Crippen LogP contribution is 2.29. The Hall–Kier alpha value is -1.67. The summed E-state index contributed by atoms with van der Waals surface area (Å²) in [6, 6.07) is 13.7. The lowest BCUT2D eigenvalue weighted by atomic mass is 9.95. The average molecular weight is 283 g/mol. The van der Waals surface area contributed by atoms with E-state index in [9.17, 15) is 4.39 Å². The number of benzene rings is 2. The van der Waals surface area contributed by atoms with E-state index in [1.165, 1.54) is 29.5 Å². The molecule has 0 aromatic heterocycles. The molecule has 1 atom stereocenters.